The van der Waals surface area contributed by atoms with Crippen LogP contribution in [0.15, 0.2) is 53.4 Å². The monoisotopic (exact) mass is 416 g/mol. The minimum Gasteiger partial charge on any atom is -0.548 e. The van der Waals surface area contributed by atoms with Gasteiger partial charge in [0.25, 0.3) is 5.91 Å². The molecule has 2 aromatic rings. The number of nitrogens with zero attached hydrogens (tertiary/aromatic N) is 1. The third-order valence-electron chi connectivity index (χ3n) is 3.63. The Morgan fingerprint density at radius 1 is 1.14 bits per heavy atom. The molecule has 1 aliphatic heterocycles. The Morgan fingerprint density at radius 3 is 2.39 bits per heavy atom. The fourth-order valence-corrected chi connectivity index (χ4v) is 3.56. The Balaban J connectivity index is 1.69. The lowest BCUT2D eigenvalue weighted by molar-refractivity contribution is -0.305. The molecule has 0 radical (unpaired) electrons. The first-order chi connectivity index (χ1) is 13.3. The van der Waals surface area contributed by atoms with Crippen molar-refractivity contribution in [1.29, 1.82) is 0 Å². The Morgan fingerprint density at radius 2 is 1.79 bits per heavy atom. The van der Waals surface area contributed by atoms with Crippen LogP contribution < -0.4 is 9.84 Å². The second kappa shape index (κ2) is 8.32. The first kappa shape index (κ1) is 19.7. The summed E-state index contributed by atoms with van der Waals surface area (Å²) in [6.45, 7) is -0.597. The molecule has 1 amide bonds. The van der Waals surface area contributed by atoms with Crippen LogP contribution in [0, 0.1) is 5.82 Å². The van der Waals surface area contributed by atoms with Gasteiger partial charge in [0.05, 0.1) is 23.0 Å². The number of carboxylic acid groups (broad SMARTS) is 1. The molecule has 0 aliphatic carbocycles. The highest BCUT2D eigenvalue weighted by Gasteiger charge is 2.31. The summed E-state index contributed by atoms with van der Waals surface area (Å²) in [4.78, 5) is 36.2. The van der Waals surface area contributed by atoms with Crippen LogP contribution in [-0.2, 0) is 9.59 Å². The molecule has 0 bridgehead atoms. The minimum atomic E-state index is -1.40. The summed E-state index contributed by atoms with van der Waals surface area (Å²) >= 11 is 6.00. The number of halogens is 1. The SMILES string of the molecule is O=C([O-])CN1C(=O)/C(=C/c2ccc(OC(=O)c3ccc(F)cc3)cc2)SC1=S. The third kappa shape index (κ3) is 4.62. The zero-order valence-electron chi connectivity index (χ0n) is 14.1. The number of rotatable bonds is 5. The number of esters is 1. The van der Waals surface area contributed by atoms with E-state index in [0.29, 0.717) is 5.56 Å². The molecule has 6 nitrogen and oxygen atoms in total. The van der Waals surface area contributed by atoms with Gasteiger partial charge in [0, 0.05) is 0 Å². The van der Waals surface area contributed by atoms with E-state index >= 15 is 0 Å². The first-order valence-corrected chi connectivity index (χ1v) is 9.09. The summed E-state index contributed by atoms with van der Waals surface area (Å²) in [6.07, 6.45) is 1.56. The average Bonchev–Trinajstić information content (AvgIpc) is 2.91. The summed E-state index contributed by atoms with van der Waals surface area (Å²) in [5, 5.41) is 10.7. The van der Waals surface area contributed by atoms with Crippen molar-refractivity contribution in [2.45, 2.75) is 0 Å². The summed E-state index contributed by atoms with van der Waals surface area (Å²) in [5.74, 6) is -2.71. The van der Waals surface area contributed by atoms with Crippen molar-refractivity contribution in [2.75, 3.05) is 6.54 Å². The van der Waals surface area contributed by atoms with Crippen LogP contribution in [0.1, 0.15) is 15.9 Å². The molecule has 0 unspecified atom stereocenters. The van der Waals surface area contributed by atoms with Crippen LogP contribution >= 0.6 is 24.0 Å². The van der Waals surface area contributed by atoms with E-state index in [1.807, 2.05) is 0 Å². The summed E-state index contributed by atoms with van der Waals surface area (Å²) in [5.41, 5.74) is 0.845. The van der Waals surface area contributed by atoms with Crippen molar-refractivity contribution in [2.24, 2.45) is 0 Å². The molecule has 1 aliphatic rings. The molecule has 0 saturated carbocycles. The predicted molar refractivity (Wildman–Crippen MR) is 103 cm³/mol. The highest BCUT2D eigenvalue weighted by Crippen LogP contribution is 2.32. The van der Waals surface area contributed by atoms with E-state index in [1.165, 1.54) is 24.3 Å². The van der Waals surface area contributed by atoms with Crippen molar-refractivity contribution in [3.63, 3.8) is 0 Å². The van der Waals surface area contributed by atoms with E-state index in [0.717, 1.165) is 28.8 Å². The van der Waals surface area contributed by atoms with E-state index in [4.69, 9.17) is 17.0 Å². The fraction of sp³-hybridized carbons (Fsp3) is 0.0526. The number of benzene rings is 2. The molecule has 2 aromatic carbocycles. The quantitative estimate of drug-likeness (QED) is 0.319. The van der Waals surface area contributed by atoms with Crippen molar-refractivity contribution in [3.8, 4) is 5.75 Å². The number of amides is 1. The lowest BCUT2D eigenvalue weighted by Crippen LogP contribution is -2.40. The van der Waals surface area contributed by atoms with Crippen molar-refractivity contribution in [3.05, 3.63) is 70.4 Å². The zero-order valence-corrected chi connectivity index (χ0v) is 15.7. The van der Waals surface area contributed by atoms with E-state index in [9.17, 15) is 23.9 Å². The number of ether oxygens (including phenoxy) is 1. The Kier molecular flexibility index (Phi) is 5.86. The van der Waals surface area contributed by atoms with E-state index in [2.05, 4.69) is 0 Å². The van der Waals surface area contributed by atoms with Crippen LogP contribution in [0.2, 0.25) is 0 Å². The number of aliphatic carboxylic acids is 1. The van der Waals surface area contributed by atoms with Gasteiger partial charge in [0.2, 0.25) is 0 Å². The van der Waals surface area contributed by atoms with Gasteiger partial charge in [-0.3, -0.25) is 9.69 Å². The second-order valence-corrected chi connectivity index (χ2v) is 7.28. The van der Waals surface area contributed by atoms with Gasteiger partial charge in [0.15, 0.2) is 0 Å². The van der Waals surface area contributed by atoms with Gasteiger partial charge in [-0.05, 0) is 48.0 Å². The lowest BCUT2D eigenvalue weighted by Gasteiger charge is -2.14. The van der Waals surface area contributed by atoms with Crippen LogP contribution in [0.4, 0.5) is 4.39 Å². The molecular formula is C19H11FNO5S2-. The maximum atomic E-state index is 12.9. The van der Waals surface area contributed by atoms with Gasteiger partial charge < -0.3 is 14.6 Å². The summed E-state index contributed by atoms with van der Waals surface area (Å²) in [6, 6.07) is 11.3. The highest BCUT2D eigenvalue weighted by molar-refractivity contribution is 8.26. The molecule has 28 heavy (non-hydrogen) atoms. The van der Waals surface area contributed by atoms with E-state index in [1.54, 1.807) is 18.2 Å². The molecule has 3 rings (SSSR count). The van der Waals surface area contributed by atoms with Gasteiger partial charge in [-0.2, -0.15) is 0 Å². The number of thioether (sulfide) groups is 1. The number of carbonyl (C=O) groups is 3. The van der Waals surface area contributed by atoms with Gasteiger partial charge in [-0.25, -0.2) is 9.18 Å². The largest absolute Gasteiger partial charge is 0.548 e. The molecule has 9 heteroatoms. The Hall–Kier alpha value is -3.04. The van der Waals surface area contributed by atoms with Crippen LogP contribution in [0.25, 0.3) is 6.08 Å². The highest BCUT2D eigenvalue weighted by atomic mass is 32.2. The number of hydrogen-bond donors (Lipinski definition) is 0. The molecule has 0 N–H and O–H groups in total. The fourth-order valence-electron chi connectivity index (χ4n) is 2.30. The molecule has 0 atom stereocenters. The van der Waals surface area contributed by atoms with Crippen LogP contribution in [0.5, 0.6) is 5.75 Å². The Labute approximate surface area is 168 Å². The first-order valence-electron chi connectivity index (χ1n) is 7.86. The van der Waals surface area contributed by atoms with Gasteiger partial charge in [-0.15, -0.1) is 0 Å². The van der Waals surface area contributed by atoms with Crippen LogP contribution in [0.3, 0.4) is 0 Å². The second-order valence-electron chi connectivity index (χ2n) is 5.61. The molecule has 1 fully saturated rings. The molecular weight excluding hydrogens is 405 g/mol. The number of hydrogen-bond acceptors (Lipinski definition) is 7. The minimum absolute atomic E-state index is 0.144. The topological polar surface area (TPSA) is 86.7 Å². The van der Waals surface area contributed by atoms with Crippen LogP contribution in [-0.4, -0.2) is 33.6 Å². The summed E-state index contributed by atoms with van der Waals surface area (Å²) < 4.78 is 18.3. The van der Waals surface area contributed by atoms with E-state index < -0.39 is 30.2 Å². The standard InChI is InChI=1S/C19H12FNO5S2/c20-13-5-3-12(4-6-13)18(25)26-14-7-1-11(2-8-14)9-15-17(24)21(10-16(22)23)19(27)28-15/h1-9H,10H2,(H,22,23)/p-1/b15-9-. The molecule has 0 spiro atoms. The van der Waals surface area contributed by atoms with Gasteiger partial charge >= 0.3 is 5.97 Å². The van der Waals surface area contributed by atoms with Gasteiger partial charge in [-0.1, -0.05) is 36.1 Å². The van der Waals surface area contributed by atoms with Gasteiger partial charge in [0.1, 0.15) is 15.9 Å². The molecule has 142 valence electrons. The lowest BCUT2D eigenvalue weighted by atomic mass is 10.2. The molecule has 0 aromatic heterocycles. The predicted octanol–water partition coefficient (Wildman–Crippen LogP) is 2.00. The molecule has 1 heterocycles. The normalized spacial score (nSPS) is 15.2. The number of thiocarbonyl (C=S) groups is 1. The third-order valence-corrected chi connectivity index (χ3v) is 5.01. The van der Waals surface area contributed by atoms with E-state index in [-0.39, 0.29) is 20.5 Å². The smallest absolute Gasteiger partial charge is 0.343 e. The van der Waals surface area contributed by atoms with Crippen molar-refractivity contribution >= 4 is 52.2 Å². The zero-order chi connectivity index (χ0) is 20.3. The number of carboxylic acids is 1. The van der Waals surface area contributed by atoms with Crippen molar-refractivity contribution < 1.29 is 28.6 Å². The Bertz CT molecular complexity index is 986. The average molecular weight is 416 g/mol. The maximum Gasteiger partial charge on any atom is 0.343 e. The van der Waals surface area contributed by atoms with Crippen molar-refractivity contribution in [1.82, 2.24) is 4.90 Å². The molecule has 1 saturated heterocycles. The maximum absolute atomic E-state index is 12.9. The number of carbonyl (C=O) groups excluding carboxylic acids is 3. The summed E-state index contributed by atoms with van der Waals surface area (Å²) in [7, 11) is 0.